The summed E-state index contributed by atoms with van der Waals surface area (Å²) in [5.74, 6) is 2.28. The van der Waals surface area contributed by atoms with Gasteiger partial charge in [0.2, 0.25) is 0 Å². The molecule has 100 valence electrons. The van der Waals surface area contributed by atoms with Crippen LogP contribution in [0.1, 0.15) is 0 Å². The molecule has 0 unspecified atom stereocenters. The van der Waals surface area contributed by atoms with Crippen molar-refractivity contribution in [2.75, 3.05) is 20.3 Å². The van der Waals surface area contributed by atoms with Crippen LogP contribution in [-0.4, -0.2) is 20.3 Å². The van der Waals surface area contributed by atoms with Crippen molar-refractivity contribution in [1.29, 1.82) is 0 Å². The van der Waals surface area contributed by atoms with Gasteiger partial charge < -0.3 is 14.2 Å². The van der Waals surface area contributed by atoms with E-state index in [0.29, 0.717) is 13.2 Å². The Morgan fingerprint density at radius 3 is 2.16 bits per heavy atom. The Balaban J connectivity index is 1.79. The molecule has 0 N–H and O–H groups in total. The molecule has 2 aromatic carbocycles. The summed E-state index contributed by atoms with van der Waals surface area (Å²) in [6, 6.07) is 15.3. The van der Waals surface area contributed by atoms with Gasteiger partial charge in [-0.15, -0.1) is 0 Å². The van der Waals surface area contributed by atoms with E-state index < -0.39 is 0 Å². The minimum absolute atomic E-state index is 0.469. The Kier molecular flexibility index (Phi) is 5.10. The van der Waals surface area contributed by atoms with Gasteiger partial charge in [-0.1, -0.05) is 28.1 Å². The Morgan fingerprint density at radius 2 is 1.47 bits per heavy atom. The maximum absolute atomic E-state index is 5.61. The number of methoxy groups -OCH3 is 1. The summed E-state index contributed by atoms with van der Waals surface area (Å²) in [6.07, 6.45) is 0. The number of hydrogen-bond donors (Lipinski definition) is 0. The van der Waals surface area contributed by atoms with Crippen molar-refractivity contribution in [3.63, 3.8) is 0 Å². The SMILES string of the molecule is COc1ccccc1OCCOc1ccc(Br)cc1. The van der Waals surface area contributed by atoms with E-state index in [1.54, 1.807) is 7.11 Å². The topological polar surface area (TPSA) is 27.7 Å². The van der Waals surface area contributed by atoms with Gasteiger partial charge in [0.05, 0.1) is 7.11 Å². The summed E-state index contributed by atoms with van der Waals surface area (Å²) >= 11 is 3.38. The molecule has 0 aliphatic heterocycles. The fourth-order valence-corrected chi connectivity index (χ4v) is 1.84. The molecule has 2 rings (SSSR count). The largest absolute Gasteiger partial charge is 0.493 e. The van der Waals surface area contributed by atoms with Crippen LogP contribution in [0.3, 0.4) is 0 Å². The van der Waals surface area contributed by atoms with Crippen LogP contribution < -0.4 is 14.2 Å². The lowest BCUT2D eigenvalue weighted by molar-refractivity contribution is 0.211. The smallest absolute Gasteiger partial charge is 0.161 e. The van der Waals surface area contributed by atoms with E-state index in [1.807, 2.05) is 48.5 Å². The normalized spacial score (nSPS) is 10.0. The molecule has 19 heavy (non-hydrogen) atoms. The molecule has 0 spiro atoms. The molecule has 0 aliphatic rings. The van der Waals surface area contributed by atoms with Gasteiger partial charge in [0.25, 0.3) is 0 Å². The molecule has 2 aromatic rings. The van der Waals surface area contributed by atoms with Crippen LogP contribution in [-0.2, 0) is 0 Å². The quantitative estimate of drug-likeness (QED) is 0.754. The molecule has 0 saturated heterocycles. The molecular formula is C15H15BrO3. The number of ether oxygens (including phenoxy) is 3. The number of para-hydroxylation sites is 2. The second-order valence-corrected chi connectivity index (χ2v) is 4.72. The molecule has 0 heterocycles. The third kappa shape index (κ3) is 4.17. The van der Waals surface area contributed by atoms with E-state index in [0.717, 1.165) is 21.7 Å². The maximum Gasteiger partial charge on any atom is 0.161 e. The van der Waals surface area contributed by atoms with Crippen molar-refractivity contribution in [1.82, 2.24) is 0 Å². The number of halogens is 1. The highest BCUT2D eigenvalue weighted by molar-refractivity contribution is 9.10. The second-order valence-electron chi connectivity index (χ2n) is 3.80. The zero-order chi connectivity index (χ0) is 13.5. The van der Waals surface area contributed by atoms with E-state index in [4.69, 9.17) is 14.2 Å². The van der Waals surface area contributed by atoms with Crippen LogP contribution in [0.15, 0.2) is 53.0 Å². The summed E-state index contributed by atoms with van der Waals surface area (Å²) in [7, 11) is 1.63. The first-order chi connectivity index (χ1) is 9.29. The highest BCUT2D eigenvalue weighted by Gasteiger charge is 2.02. The fourth-order valence-electron chi connectivity index (χ4n) is 1.58. The molecule has 3 nitrogen and oxygen atoms in total. The van der Waals surface area contributed by atoms with Crippen molar-refractivity contribution in [2.24, 2.45) is 0 Å². The van der Waals surface area contributed by atoms with Crippen molar-refractivity contribution < 1.29 is 14.2 Å². The first-order valence-corrected chi connectivity index (χ1v) is 6.73. The van der Waals surface area contributed by atoms with E-state index in [9.17, 15) is 0 Å². The summed E-state index contributed by atoms with van der Waals surface area (Å²) in [4.78, 5) is 0. The zero-order valence-corrected chi connectivity index (χ0v) is 12.2. The predicted molar refractivity (Wildman–Crippen MR) is 78.1 cm³/mol. The van der Waals surface area contributed by atoms with Crippen molar-refractivity contribution in [3.05, 3.63) is 53.0 Å². The van der Waals surface area contributed by atoms with Crippen LogP contribution in [0.4, 0.5) is 0 Å². The number of rotatable bonds is 6. The van der Waals surface area contributed by atoms with Crippen molar-refractivity contribution in [3.8, 4) is 17.2 Å². The van der Waals surface area contributed by atoms with Crippen LogP contribution in [0, 0.1) is 0 Å². The number of benzene rings is 2. The second kappa shape index (κ2) is 7.04. The monoisotopic (exact) mass is 322 g/mol. The zero-order valence-electron chi connectivity index (χ0n) is 10.6. The van der Waals surface area contributed by atoms with Gasteiger partial charge in [-0.3, -0.25) is 0 Å². The lowest BCUT2D eigenvalue weighted by Gasteiger charge is -2.11. The molecule has 0 bridgehead atoms. The molecule has 0 saturated carbocycles. The lowest BCUT2D eigenvalue weighted by Crippen LogP contribution is -2.09. The van der Waals surface area contributed by atoms with Gasteiger partial charge in [0, 0.05) is 4.47 Å². The average Bonchev–Trinajstić information content (AvgIpc) is 2.46. The van der Waals surface area contributed by atoms with E-state index in [2.05, 4.69) is 15.9 Å². The van der Waals surface area contributed by atoms with E-state index >= 15 is 0 Å². The van der Waals surface area contributed by atoms with Gasteiger partial charge >= 0.3 is 0 Å². The van der Waals surface area contributed by atoms with Gasteiger partial charge in [-0.2, -0.15) is 0 Å². The first kappa shape index (κ1) is 13.7. The molecule has 0 amide bonds. The number of hydrogen-bond acceptors (Lipinski definition) is 3. The first-order valence-electron chi connectivity index (χ1n) is 5.94. The third-order valence-corrected chi connectivity index (χ3v) is 3.02. The highest BCUT2D eigenvalue weighted by Crippen LogP contribution is 2.25. The average molecular weight is 323 g/mol. The highest BCUT2D eigenvalue weighted by atomic mass is 79.9. The Hall–Kier alpha value is -1.68. The van der Waals surface area contributed by atoms with Gasteiger partial charge in [-0.05, 0) is 36.4 Å². The van der Waals surface area contributed by atoms with Gasteiger partial charge in [0.15, 0.2) is 11.5 Å². The minimum atomic E-state index is 0.469. The molecule has 0 fully saturated rings. The lowest BCUT2D eigenvalue weighted by atomic mass is 10.3. The standard InChI is InChI=1S/C15H15BrO3/c1-17-14-4-2-3-5-15(14)19-11-10-18-13-8-6-12(16)7-9-13/h2-9H,10-11H2,1H3. The molecular weight excluding hydrogens is 308 g/mol. The van der Waals surface area contributed by atoms with E-state index in [1.165, 1.54) is 0 Å². The van der Waals surface area contributed by atoms with Gasteiger partial charge in [-0.25, -0.2) is 0 Å². The molecule has 4 heteroatoms. The summed E-state index contributed by atoms with van der Waals surface area (Å²) in [5.41, 5.74) is 0. The van der Waals surface area contributed by atoms with E-state index in [-0.39, 0.29) is 0 Å². The van der Waals surface area contributed by atoms with Gasteiger partial charge in [0.1, 0.15) is 19.0 Å². The van der Waals surface area contributed by atoms with Crippen molar-refractivity contribution >= 4 is 15.9 Å². The Morgan fingerprint density at radius 1 is 0.842 bits per heavy atom. The van der Waals surface area contributed by atoms with Crippen LogP contribution in [0.5, 0.6) is 17.2 Å². The fraction of sp³-hybridized carbons (Fsp3) is 0.200. The Labute approximate surface area is 121 Å². The Bertz CT molecular complexity index is 511. The van der Waals surface area contributed by atoms with Crippen LogP contribution in [0.25, 0.3) is 0 Å². The van der Waals surface area contributed by atoms with Crippen LogP contribution in [0.2, 0.25) is 0 Å². The molecule has 0 atom stereocenters. The maximum atomic E-state index is 5.61. The minimum Gasteiger partial charge on any atom is -0.493 e. The van der Waals surface area contributed by atoms with Crippen molar-refractivity contribution in [2.45, 2.75) is 0 Å². The summed E-state index contributed by atoms with van der Waals surface area (Å²) < 4.78 is 17.4. The molecule has 0 aromatic heterocycles. The molecule has 0 aliphatic carbocycles. The summed E-state index contributed by atoms with van der Waals surface area (Å²) in [6.45, 7) is 0.954. The predicted octanol–water partition coefficient (Wildman–Crippen LogP) is 3.92. The third-order valence-electron chi connectivity index (χ3n) is 2.49. The molecule has 0 radical (unpaired) electrons. The summed E-state index contributed by atoms with van der Waals surface area (Å²) in [5, 5.41) is 0. The van der Waals surface area contributed by atoms with Crippen LogP contribution >= 0.6 is 15.9 Å².